The Balaban J connectivity index is 2.29. The summed E-state index contributed by atoms with van der Waals surface area (Å²) in [7, 11) is -0.825. The van der Waals surface area contributed by atoms with Gasteiger partial charge in [0.25, 0.3) is 0 Å². The Morgan fingerprint density at radius 1 is 1.44 bits per heavy atom. The van der Waals surface area contributed by atoms with E-state index < -0.39 is 10.8 Å². The quantitative estimate of drug-likeness (QED) is 0.828. The highest BCUT2D eigenvalue weighted by Crippen LogP contribution is 2.26. The molecule has 4 nitrogen and oxygen atoms in total. The summed E-state index contributed by atoms with van der Waals surface area (Å²) in [6.07, 6.45) is 3.45. The van der Waals surface area contributed by atoms with Crippen LogP contribution in [0.3, 0.4) is 0 Å². The lowest BCUT2D eigenvalue weighted by molar-refractivity contribution is 0.679. The van der Waals surface area contributed by atoms with Crippen LogP contribution in [0.25, 0.3) is 10.9 Å². The first kappa shape index (κ1) is 12.8. The standard InChI is InChI=1S/C13H17N3OS/c1-9(18(2)17)8-16-12-6-5-11(14)13-10(12)4-3-7-15-13/h3-7,9,16H,8,14H2,1-2H3. The fourth-order valence-electron chi connectivity index (χ4n) is 1.72. The smallest absolute Gasteiger partial charge is 0.0951 e. The number of anilines is 2. The maximum Gasteiger partial charge on any atom is 0.0951 e. The molecule has 96 valence electrons. The highest BCUT2D eigenvalue weighted by molar-refractivity contribution is 7.84. The lowest BCUT2D eigenvalue weighted by Gasteiger charge is -2.13. The number of hydrogen-bond donors (Lipinski definition) is 2. The highest BCUT2D eigenvalue weighted by atomic mass is 32.2. The van der Waals surface area contributed by atoms with Gasteiger partial charge in [-0.05, 0) is 31.2 Å². The largest absolute Gasteiger partial charge is 0.397 e. The van der Waals surface area contributed by atoms with Crippen molar-refractivity contribution in [3.05, 3.63) is 30.5 Å². The van der Waals surface area contributed by atoms with Crippen LogP contribution in [0.2, 0.25) is 0 Å². The van der Waals surface area contributed by atoms with Gasteiger partial charge in [-0.25, -0.2) is 0 Å². The molecule has 0 saturated heterocycles. The third kappa shape index (κ3) is 2.61. The molecule has 2 aromatic rings. The fourth-order valence-corrected chi connectivity index (χ4v) is 2.04. The van der Waals surface area contributed by atoms with E-state index in [9.17, 15) is 4.21 Å². The average Bonchev–Trinajstić information content (AvgIpc) is 2.38. The molecular weight excluding hydrogens is 246 g/mol. The van der Waals surface area contributed by atoms with Gasteiger partial charge >= 0.3 is 0 Å². The molecule has 1 aromatic carbocycles. The number of aromatic nitrogens is 1. The summed E-state index contributed by atoms with van der Waals surface area (Å²) in [4.78, 5) is 4.28. The average molecular weight is 263 g/mol. The zero-order valence-corrected chi connectivity index (χ0v) is 11.3. The molecule has 18 heavy (non-hydrogen) atoms. The fraction of sp³-hybridized carbons (Fsp3) is 0.308. The van der Waals surface area contributed by atoms with Crippen molar-refractivity contribution >= 4 is 33.1 Å². The molecule has 2 unspecified atom stereocenters. The first-order chi connectivity index (χ1) is 8.59. The highest BCUT2D eigenvalue weighted by Gasteiger charge is 2.08. The summed E-state index contributed by atoms with van der Waals surface area (Å²) in [6, 6.07) is 7.64. The third-order valence-electron chi connectivity index (χ3n) is 2.95. The Kier molecular flexibility index (Phi) is 3.81. The number of fused-ring (bicyclic) bond motifs is 1. The Labute approximate surface area is 109 Å². The molecule has 0 amide bonds. The van der Waals surface area contributed by atoms with Gasteiger partial charge < -0.3 is 11.1 Å². The van der Waals surface area contributed by atoms with Crippen molar-refractivity contribution in [1.29, 1.82) is 0 Å². The van der Waals surface area contributed by atoms with E-state index in [1.165, 1.54) is 0 Å². The van der Waals surface area contributed by atoms with E-state index in [-0.39, 0.29) is 5.25 Å². The van der Waals surface area contributed by atoms with Crippen LogP contribution >= 0.6 is 0 Å². The van der Waals surface area contributed by atoms with E-state index in [1.807, 2.05) is 31.2 Å². The number of benzene rings is 1. The topological polar surface area (TPSA) is 68.0 Å². The van der Waals surface area contributed by atoms with Gasteiger partial charge in [-0.3, -0.25) is 9.19 Å². The van der Waals surface area contributed by atoms with Crippen molar-refractivity contribution in [1.82, 2.24) is 4.98 Å². The molecule has 0 aliphatic rings. The molecule has 2 atom stereocenters. The number of hydrogen-bond acceptors (Lipinski definition) is 4. The van der Waals surface area contributed by atoms with Gasteiger partial charge in [0.05, 0.1) is 11.2 Å². The van der Waals surface area contributed by atoms with Gasteiger partial charge in [0.15, 0.2) is 0 Å². The van der Waals surface area contributed by atoms with Crippen LogP contribution < -0.4 is 11.1 Å². The van der Waals surface area contributed by atoms with Crippen molar-refractivity contribution in [2.45, 2.75) is 12.2 Å². The summed E-state index contributed by atoms with van der Waals surface area (Å²) in [5.41, 5.74) is 8.34. The molecule has 0 aliphatic heterocycles. The Hall–Kier alpha value is -1.62. The zero-order valence-electron chi connectivity index (χ0n) is 10.5. The summed E-state index contributed by atoms with van der Waals surface area (Å²) >= 11 is 0. The first-order valence-corrected chi connectivity index (χ1v) is 7.41. The molecule has 0 spiro atoms. The predicted molar refractivity (Wildman–Crippen MR) is 78.2 cm³/mol. The molecule has 0 fully saturated rings. The molecule has 5 heteroatoms. The Morgan fingerprint density at radius 2 is 2.22 bits per heavy atom. The molecular formula is C13H17N3OS. The van der Waals surface area contributed by atoms with Crippen molar-refractivity contribution in [2.75, 3.05) is 23.9 Å². The van der Waals surface area contributed by atoms with Crippen molar-refractivity contribution in [2.24, 2.45) is 0 Å². The lowest BCUT2D eigenvalue weighted by atomic mass is 10.1. The van der Waals surface area contributed by atoms with E-state index in [1.54, 1.807) is 12.5 Å². The number of rotatable bonds is 4. The molecule has 1 heterocycles. The van der Waals surface area contributed by atoms with E-state index in [0.717, 1.165) is 16.6 Å². The first-order valence-electron chi connectivity index (χ1n) is 5.79. The minimum Gasteiger partial charge on any atom is -0.397 e. The second-order valence-electron chi connectivity index (χ2n) is 4.29. The molecule has 1 aromatic heterocycles. The SMILES string of the molecule is CC(CNc1ccc(N)c2ncccc12)S(C)=O. The summed E-state index contributed by atoms with van der Waals surface area (Å²) in [5.74, 6) is 0. The zero-order chi connectivity index (χ0) is 13.1. The van der Waals surface area contributed by atoms with Crippen molar-refractivity contribution in [3.63, 3.8) is 0 Å². The molecule has 3 N–H and O–H groups in total. The molecule has 0 saturated carbocycles. The summed E-state index contributed by atoms with van der Waals surface area (Å²) in [5, 5.41) is 4.41. The van der Waals surface area contributed by atoms with Gasteiger partial charge in [0.2, 0.25) is 0 Å². The van der Waals surface area contributed by atoms with Gasteiger partial charge in [0, 0.05) is 46.1 Å². The molecule has 0 bridgehead atoms. The van der Waals surface area contributed by atoms with Crippen LogP contribution in [0.15, 0.2) is 30.5 Å². The van der Waals surface area contributed by atoms with Crippen LogP contribution in [0.5, 0.6) is 0 Å². The monoisotopic (exact) mass is 263 g/mol. The predicted octanol–water partition coefficient (Wildman–Crippen LogP) is 2.00. The van der Waals surface area contributed by atoms with Crippen LogP contribution in [-0.4, -0.2) is 27.2 Å². The van der Waals surface area contributed by atoms with Crippen LogP contribution in [-0.2, 0) is 10.8 Å². The van der Waals surface area contributed by atoms with Gasteiger partial charge in [0.1, 0.15) is 0 Å². The molecule has 0 radical (unpaired) electrons. The normalized spacial score (nSPS) is 14.3. The third-order valence-corrected chi connectivity index (χ3v) is 4.25. The number of nitrogens with zero attached hydrogens (tertiary/aromatic N) is 1. The maximum absolute atomic E-state index is 11.3. The van der Waals surface area contributed by atoms with E-state index in [4.69, 9.17) is 5.73 Å². The van der Waals surface area contributed by atoms with Crippen LogP contribution in [0.4, 0.5) is 11.4 Å². The second kappa shape index (κ2) is 5.35. The van der Waals surface area contributed by atoms with Crippen molar-refractivity contribution < 1.29 is 4.21 Å². The van der Waals surface area contributed by atoms with Crippen LogP contribution in [0, 0.1) is 0 Å². The Bertz CT molecular complexity index is 585. The number of nitrogens with two attached hydrogens (primary N) is 1. The Morgan fingerprint density at radius 3 is 2.94 bits per heavy atom. The van der Waals surface area contributed by atoms with Gasteiger partial charge in [-0.1, -0.05) is 0 Å². The number of nitrogen functional groups attached to an aromatic ring is 1. The molecule has 0 aliphatic carbocycles. The van der Waals surface area contributed by atoms with E-state index in [0.29, 0.717) is 12.2 Å². The number of nitrogens with one attached hydrogen (secondary N) is 1. The van der Waals surface area contributed by atoms with Crippen molar-refractivity contribution in [3.8, 4) is 0 Å². The molecule has 2 rings (SSSR count). The van der Waals surface area contributed by atoms with Gasteiger partial charge in [-0.2, -0.15) is 0 Å². The minimum atomic E-state index is -0.825. The van der Waals surface area contributed by atoms with E-state index in [2.05, 4.69) is 10.3 Å². The second-order valence-corrected chi connectivity index (χ2v) is 6.09. The minimum absolute atomic E-state index is 0.106. The lowest BCUT2D eigenvalue weighted by Crippen LogP contribution is -2.20. The summed E-state index contributed by atoms with van der Waals surface area (Å²) < 4.78 is 11.3. The van der Waals surface area contributed by atoms with E-state index >= 15 is 0 Å². The van der Waals surface area contributed by atoms with Gasteiger partial charge in [-0.15, -0.1) is 0 Å². The summed E-state index contributed by atoms with van der Waals surface area (Å²) in [6.45, 7) is 2.62. The number of pyridine rings is 1. The maximum atomic E-state index is 11.3. The van der Waals surface area contributed by atoms with Crippen LogP contribution in [0.1, 0.15) is 6.92 Å².